The van der Waals surface area contributed by atoms with Gasteiger partial charge in [-0.2, -0.15) is 0 Å². The largest absolute Gasteiger partial charge is 0.462 e. The number of carbonyl (C=O) groups excluding carboxylic acids is 1. The number of nitrogens with zero attached hydrogens (tertiary/aromatic N) is 4. The lowest BCUT2D eigenvalue weighted by Gasteiger charge is -2.37. The second-order valence-corrected chi connectivity index (χ2v) is 6.92. The number of benzene rings is 1. The third kappa shape index (κ3) is 3.10. The summed E-state index contributed by atoms with van der Waals surface area (Å²) in [6, 6.07) is 7.94. The fraction of sp³-hybridized carbons (Fsp3) is 0.316. The maximum absolute atomic E-state index is 12.5. The maximum Gasteiger partial charge on any atom is 0.341 e. The number of hydrogen-bond donors (Lipinski definition) is 0. The summed E-state index contributed by atoms with van der Waals surface area (Å²) in [5.74, 6) is -0.317. The summed E-state index contributed by atoms with van der Waals surface area (Å²) in [6.45, 7) is 5.54. The molecule has 6 nitrogen and oxygen atoms in total. The second kappa shape index (κ2) is 7.29. The van der Waals surface area contributed by atoms with Gasteiger partial charge in [-0.3, -0.25) is 4.98 Å². The Morgan fingerprint density at radius 3 is 2.65 bits per heavy atom. The summed E-state index contributed by atoms with van der Waals surface area (Å²) >= 11 is 1.66. The predicted octanol–water partition coefficient (Wildman–Crippen LogP) is 3.19. The second-order valence-electron chi connectivity index (χ2n) is 6.05. The predicted molar refractivity (Wildman–Crippen MR) is 104 cm³/mol. The highest BCUT2D eigenvalue weighted by molar-refractivity contribution is 7.13. The van der Waals surface area contributed by atoms with Crippen molar-refractivity contribution in [2.75, 3.05) is 42.6 Å². The van der Waals surface area contributed by atoms with Crippen LogP contribution in [0.1, 0.15) is 17.3 Å². The molecule has 0 atom stereocenters. The van der Waals surface area contributed by atoms with E-state index < -0.39 is 0 Å². The molecule has 26 heavy (non-hydrogen) atoms. The number of esters is 1. The molecular formula is C19H20N4O2S. The highest BCUT2D eigenvalue weighted by Gasteiger charge is 2.25. The molecule has 1 aliphatic heterocycles. The molecule has 7 heteroatoms. The number of piperazine rings is 1. The van der Waals surface area contributed by atoms with E-state index in [9.17, 15) is 4.79 Å². The van der Waals surface area contributed by atoms with E-state index in [-0.39, 0.29) is 5.97 Å². The molecular weight excluding hydrogens is 348 g/mol. The van der Waals surface area contributed by atoms with E-state index in [1.54, 1.807) is 17.5 Å². The zero-order valence-electron chi connectivity index (χ0n) is 14.6. The first-order chi connectivity index (χ1) is 12.8. The molecule has 3 aromatic rings. The van der Waals surface area contributed by atoms with E-state index in [2.05, 4.69) is 19.8 Å². The molecule has 0 saturated carbocycles. The maximum atomic E-state index is 12.5. The van der Waals surface area contributed by atoms with Crippen LogP contribution in [0.3, 0.4) is 0 Å². The van der Waals surface area contributed by atoms with E-state index in [1.165, 1.54) is 0 Å². The molecule has 1 saturated heterocycles. The number of carbonyl (C=O) groups is 1. The highest BCUT2D eigenvalue weighted by atomic mass is 32.1. The molecule has 1 aromatic carbocycles. The van der Waals surface area contributed by atoms with Gasteiger partial charge in [0.25, 0.3) is 0 Å². The third-order valence-corrected chi connectivity index (χ3v) is 5.36. The molecule has 134 valence electrons. The highest BCUT2D eigenvalue weighted by Crippen LogP contribution is 2.31. The fourth-order valence-corrected chi connectivity index (χ4v) is 4.02. The molecule has 0 N–H and O–H groups in total. The SMILES string of the molecule is CCOC(=O)c1cnc2ccccc2c1N1CCN(c2nccs2)CC1. The average molecular weight is 368 g/mol. The van der Waals surface area contributed by atoms with Crippen LogP contribution in [0.5, 0.6) is 0 Å². The van der Waals surface area contributed by atoms with Crippen molar-refractivity contribution >= 4 is 39.0 Å². The molecule has 4 rings (SSSR count). The van der Waals surface area contributed by atoms with Crippen molar-refractivity contribution in [2.24, 2.45) is 0 Å². The number of fused-ring (bicyclic) bond motifs is 1. The molecule has 0 bridgehead atoms. The molecule has 1 fully saturated rings. The smallest absolute Gasteiger partial charge is 0.341 e. The van der Waals surface area contributed by atoms with Gasteiger partial charge in [-0.1, -0.05) is 18.2 Å². The molecule has 0 spiro atoms. The van der Waals surface area contributed by atoms with Gasteiger partial charge in [-0.05, 0) is 13.0 Å². The van der Waals surface area contributed by atoms with Crippen LogP contribution < -0.4 is 9.80 Å². The Hall–Kier alpha value is -2.67. The normalized spacial score (nSPS) is 14.7. The number of pyridine rings is 1. The number of hydrogen-bond acceptors (Lipinski definition) is 7. The zero-order chi connectivity index (χ0) is 17.9. The standard InChI is InChI=1S/C19H20N4O2S/c1-2-25-18(24)15-13-21-16-6-4-3-5-14(16)17(15)22-8-10-23(11-9-22)19-20-7-12-26-19/h3-7,12-13H,2,8-11H2,1H3. The quantitative estimate of drug-likeness (QED) is 0.659. The van der Waals surface area contributed by atoms with Crippen molar-refractivity contribution in [3.63, 3.8) is 0 Å². The number of thiazole rings is 1. The lowest BCUT2D eigenvalue weighted by Crippen LogP contribution is -2.47. The van der Waals surface area contributed by atoms with Crippen molar-refractivity contribution < 1.29 is 9.53 Å². The summed E-state index contributed by atoms with van der Waals surface area (Å²) in [5, 5.41) is 4.03. The van der Waals surface area contributed by atoms with Crippen LogP contribution in [0.25, 0.3) is 10.9 Å². The van der Waals surface area contributed by atoms with Crippen LogP contribution in [-0.2, 0) is 4.74 Å². The van der Waals surface area contributed by atoms with Gasteiger partial charge >= 0.3 is 5.97 Å². The van der Waals surface area contributed by atoms with E-state index in [1.807, 2.05) is 42.8 Å². The monoisotopic (exact) mass is 368 g/mol. The fourth-order valence-electron chi connectivity index (χ4n) is 3.32. The molecule has 0 unspecified atom stereocenters. The van der Waals surface area contributed by atoms with Crippen LogP contribution in [0.4, 0.5) is 10.8 Å². The Labute approximate surface area is 156 Å². The van der Waals surface area contributed by atoms with Crippen LogP contribution in [-0.4, -0.2) is 48.7 Å². The van der Waals surface area contributed by atoms with Gasteiger partial charge in [-0.15, -0.1) is 11.3 Å². The Bertz CT molecular complexity index is 905. The molecule has 0 amide bonds. The van der Waals surface area contributed by atoms with Crippen LogP contribution >= 0.6 is 11.3 Å². The molecule has 1 aliphatic rings. The molecule has 0 radical (unpaired) electrons. The van der Waals surface area contributed by atoms with Crippen LogP contribution in [0, 0.1) is 0 Å². The van der Waals surface area contributed by atoms with Gasteiger partial charge < -0.3 is 14.5 Å². The number of para-hydroxylation sites is 1. The number of anilines is 2. The zero-order valence-corrected chi connectivity index (χ0v) is 15.4. The first kappa shape index (κ1) is 16.8. The first-order valence-electron chi connectivity index (χ1n) is 8.72. The molecule has 0 aliphatic carbocycles. The summed E-state index contributed by atoms with van der Waals surface area (Å²) < 4.78 is 5.26. The van der Waals surface area contributed by atoms with Crippen LogP contribution in [0.15, 0.2) is 42.0 Å². The Morgan fingerprint density at radius 2 is 1.92 bits per heavy atom. The summed E-state index contributed by atoms with van der Waals surface area (Å²) in [5.41, 5.74) is 2.35. The summed E-state index contributed by atoms with van der Waals surface area (Å²) in [4.78, 5) is 25.9. The number of aromatic nitrogens is 2. The number of rotatable bonds is 4. The van der Waals surface area contributed by atoms with Crippen molar-refractivity contribution in [2.45, 2.75) is 6.92 Å². The lowest BCUT2D eigenvalue weighted by molar-refractivity contribution is 0.0527. The van der Waals surface area contributed by atoms with Gasteiger partial charge in [0.05, 0.1) is 17.8 Å². The first-order valence-corrected chi connectivity index (χ1v) is 9.60. The van der Waals surface area contributed by atoms with E-state index >= 15 is 0 Å². The van der Waals surface area contributed by atoms with Crippen LogP contribution in [0.2, 0.25) is 0 Å². The van der Waals surface area contributed by atoms with E-state index in [4.69, 9.17) is 4.74 Å². The van der Waals surface area contributed by atoms with E-state index in [0.717, 1.165) is 47.9 Å². The lowest BCUT2D eigenvalue weighted by atomic mass is 10.1. The van der Waals surface area contributed by atoms with Gasteiger partial charge in [0, 0.05) is 49.3 Å². The van der Waals surface area contributed by atoms with Gasteiger partial charge in [0.15, 0.2) is 5.13 Å². The minimum Gasteiger partial charge on any atom is -0.462 e. The average Bonchev–Trinajstić information content (AvgIpc) is 3.22. The Kier molecular flexibility index (Phi) is 4.71. The van der Waals surface area contributed by atoms with Gasteiger partial charge in [0.1, 0.15) is 5.56 Å². The Morgan fingerprint density at radius 1 is 1.15 bits per heavy atom. The molecule has 2 aromatic heterocycles. The van der Waals surface area contributed by atoms with Gasteiger partial charge in [0.2, 0.25) is 0 Å². The van der Waals surface area contributed by atoms with E-state index in [0.29, 0.717) is 12.2 Å². The molecule has 3 heterocycles. The minimum absolute atomic E-state index is 0.317. The van der Waals surface area contributed by atoms with Gasteiger partial charge in [-0.25, -0.2) is 9.78 Å². The van der Waals surface area contributed by atoms with Crippen molar-refractivity contribution in [1.29, 1.82) is 0 Å². The minimum atomic E-state index is -0.317. The van der Waals surface area contributed by atoms with Crippen molar-refractivity contribution in [3.8, 4) is 0 Å². The summed E-state index contributed by atoms with van der Waals surface area (Å²) in [6.07, 6.45) is 3.48. The third-order valence-electron chi connectivity index (χ3n) is 4.53. The topological polar surface area (TPSA) is 58.6 Å². The number of ether oxygens (including phenoxy) is 1. The Balaban J connectivity index is 1.68. The van der Waals surface area contributed by atoms with Crippen molar-refractivity contribution in [1.82, 2.24) is 9.97 Å². The van der Waals surface area contributed by atoms with Crippen molar-refractivity contribution in [3.05, 3.63) is 47.6 Å². The summed E-state index contributed by atoms with van der Waals surface area (Å²) in [7, 11) is 0.